The summed E-state index contributed by atoms with van der Waals surface area (Å²) in [6.07, 6.45) is 8.34. The number of nitrogens with zero attached hydrogens (tertiary/aromatic N) is 2. The van der Waals surface area contributed by atoms with E-state index in [1.807, 2.05) is 0 Å². The zero-order chi connectivity index (χ0) is 13.0. The lowest BCUT2D eigenvalue weighted by Gasteiger charge is -2.40. The average molecular weight is 270 g/mol. The van der Waals surface area contributed by atoms with Gasteiger partial charge in [-0.3, -0.25) is 0 Å². The third kappa shape index (κ3) is 3.43. The number of hydrogen-bond acceptors (Lipinski definition) is 3. The highest BCUT2D eigenvalue weighted by molar-refractivity contribution is 7.80. The van der Waals surface area contributed by atoms with Gasteiger partial charge in [0.15, 0.2) is 0 Å². The zero-order valence-corrected chi connectivity index (χ0v) is 13.1. The van der Waals surface area contributed by atoms with Gasteiger partial charge in [0.1, 0.15) is 0 Å². The minimum Gasteiger partial charge on any atom is -0.303 e. The lowest BCUT2D eigenvalue weighted by Crippen LogP contribution is -2.46. The number of rotatable bonds is 5. The molecule has 1 saturated heterocycles. The van der Waals surface area contributed by atoms with Gasteiger partial charge in [0.05, 0.1) is 0 Å². The molecule has 1 heterocycles. The second kappa shape index (κ2) is 6.62. The van der Waals surface area contributed by atoms with Crippen LogP contribution < -0.4 is 0 Å². The van der Waals surface area contributed by atoms with Gasteiger partial charge in [0.2, 0.25) is 0 Å². The lowest BCUT2D eigenvalue weighted by molar-refractivity contribution is 0.0968. The van der Waals surface area contributed by atoms with Crippen LogP contribution in [-0.2, 0) is 0 Å². The van der Waals surface area contributed by atoms with E-state index in [0.717, 1.165) is 11.8 Å². The molecule has 2 fully saturated rings. The van der Waals surface area contributed by atoms with Crippen molar-refractivity contribution in [3.63, 3.8) is 0 Å². The first-order valence-electron chi connectivity index (χ1n) is 7.72. The van der Waals surface area contributed by atoms with Crippen LogP contribution in [0.15, 0.2) is 0 Å². The van der Waals surface area contributed by atoms with Crippen LogP contribution >= 0.6 is 12.6 Å². The van der Waals surface area contributed by atoms with Gasteiger partial charge in [0.25, 0.3) is 0 Å². The van der Waals surface area contributed by atoms with E-state index in [-0.39, 0.29) is 0 Å². The standard InChI is InChI=1S/C15H30N2S/c1-3-17-10-6-14(7-11-17)16(2)12-15(13-18)8-4-5-9-15/h14,18H,3-13H2,1-2H3. The largest absolute Gasteiger partial charge is 0.303 e. The summed E-state index contributed by atoms with van der Waals surface area (Å²) in [5.41, 5.74) is 0.528. The molecule has 18 heavy (non-hydrogen) atoms. The fourth-order valence-corrected chi connectivity index (χ4v) is 4.24. The van der Waals surface area contributed by atoms with Gasteiger partial charge in [0, 0.05) is 12.6 Å². The van der Waals surface area contributed by atoms with Crippen molar-refractivity contribution in [2.45, 2.75) is 51.5 Å². The molecule has 2 nitrogen and oxygen atoms in total. The molecule has 0 spiro atoms. The van der Waals surface area contributed by atoms with Crippen molar-refractivity contribution in [1.82, 2.24) is 9.80 Å². The Morgan fingerprint density at radius 2 is 1.83 bits per heavy atom. The second-order valence-electron chi connectivity index (χ2n) is 6.45. The highest BCUT2D eigenvalue weighted by atomic mass is 32.1. The summed E-state index contributed by atoms with van der Waals surface area (Å²) in [4.78, 5) is 5.23. The van der Waals surface area contributed by atoms with Gasteiger partial charge in [-0.05, 0) is 63.5 Å². The van der Waals surface area contributed by atoms with Crippen LogP contribution in [-0.4, -0.2) is 54.8 Å². The Morgan fingerprint density at radius 3 is 2.33 bits per heavy atom. The van der Waals surface area contributed by atoms with Gasteiger partial charge in [-0.2, -0.15) is 12.6 Å². The van der Waals surface area contributed by atoms with Crippen LogP contribution in [0.25, 0.3) is 0 Å². The Morgan fingerprint density at radius 1 is 1.22 bits per heavy atom. The SMILES string of the molecule is CCN1CCC(N(C)CC2(CS)CCCC2)CC1. The maximum atomic E-state index is 4.63. The number of likely N-dealkylation sites (tertiary alicyclic amines) is 1. The number of piperidine rings is 1. The molecule has 0 amide bonds. The Hall–Kier alpha value is 0.270. The molecule has 0 unspecified atom stereocenters. The van der Waals surface area contributed by atoms with Crippen molar-refractivity contribution < 1.29 is 0 Å². The molecule has 0 aromatic carbocycles. The molecular weight excluding hydrogens is 240 g/mol. The summed E-state index contributed by atoms with van der Waals surface area (Å²) in [5.74, 6) is 1.07. The number of thiol groups is 1. The summed E-state index contributed by atoms with van der Waals surface area (Å²) in [5, 5.41) is 0. The van der Waals surface area contributed by atoms with Crippen molar-refractivity contribution in [2.24, 2.45) is 5.41 Å². The molecule has 1 saturated carbocycles. The van der Waals surface area contributed by atoms with Crippen LogP contribution in [0.5, 0.6) is 0 Å². The molecule has 0 radical (unpaired) electrons. The van der Waals surface area contributed by atoms with E-state index in [4.69, 9.17) is 0 Å². The van der Waals surface area contributed by atoms with E-state index in [0.29, 0.717) is 5.41 Å². The molecule has 1 aliphatic heterocycles. The third-order valence-electron chi connectivity index (χ3n) is 5.21. The highest BCUT2D eigenvalue weighted by Gasteiger charge is 2.35. The lowest BCUT2D eigenvalue weighted by atomic mass is 9.87. The smallest absolute Gasteiger partial charge is 0.0117 e. The zero-order valence-electron chi connectivity index (χ0n) is 12.2. The van der Waals surface area contributed by atoms with E-state index in [1.54, 1.807) is 0 Å². The normalized spacial score (nSPS) is 26.0. The van der Waals surface area contributed by atoms with E-state index in [9.17, 15) is 0 Å². The van der Waals surface area contributed by atoms with E-state index in [1.165, 1.54) is 64.7 Å². The first kappa shape index (κ1) is 14.7. The molecule has 106 valence electrons. The second-order valence-corrected chi connectivity index (χ2v) is 6.76. The van der Waals surface area contributed by atoms with Crippen molar-refractivity contribution in [1.29, 1.82) is 0 Å². The Labute approximate surface area is 119 Å². The van der Waals surface area contributed by atoms with Crippen molar-refractivity contribution in [3.8, 4) is 0 Å². The van der Waals surface area contributed by atoms with Crippen molar-refractivity contribution in [3.05, 3.63) is 0 Å². The van der Waals surface area contributed by atoms with Gasteiger partial charge >= 0.3 is 0 Å². The first-order valence-corrected chi connectivity index (χ1v) is 8.36. The molecule has 2 rings (SSSR count). The number of hydrogen-bond donors (Lipinski definition) is 1. The van der Waals surface area contributed by atoms with Crippen molar-refractivity contribution >= 4 is 12.6 Å². The Balaban J connectivity index is 1.82. The fraction of sp³-hybridized carbons (Fsp3) is 1.00. The fourth-order valence-electron chi connectivity index (χ4n) is 3.83. The summed E-state index contributed by atoms with van der Waals surface area (Å²) in [6.45, 7) is 7.35. The predicted molar refractivity (Wildman–Crippen MR) is 82.5 cm³/mol. The molecule has 0 N–H and O–H groups in total. The van der Waals surface area contributed by atoms with Crippen LogP contribution in [0, 0.1) is 5.41 Å². The molecule has 0 aromatic rings. The van der Waals surface area contributed by atoms with Crippen LogP contribution in [0.2, 0.25) is 0 Å². The molecule has 1 aliphatic carbocycles. The average Bonchev–Trinajstić information content (AvgIpc) is 2.88. The van der Waals surface area contributed by atoms with Crippen molar-refractivity contribution in [2.75, 3.05) is 39.0 Å². The maximum Gasteiger partial charge on any atom is 0.0117 e. The minimum absolute atomic E-state index is 0.528. The summed E-state index contributed by atoms with van der Waals surface area (Å²) >= 11 is 4.63. The van der Waals surface area contributed by atoms with Crippen LogP contribution in [0.4, 0.5) is 0 Å². The maximum absolute atomic E-state index is 4.63. The highest BCUT2D eigenvalue weighted by Crippen LogP contribution is 2.40. The first-order chi connectivity index (χ1) is 8.69. The van der Waals surface area contributed by atoms with Crippen LogP contribution in [0.3, 0.4) is 0 Å². The summed E-state index contributed by atoms with van der Waals surface area (Å²) < 4.78 is 0. The van der Waals surface area contributed by atoms with Gasteiger partial charge in [-0.1, -0.05) is 19.8 Å². The molecule has 3 heteroatoms. The van der Waals surface area contributed by atoms with E-state index in [2.05, 4.69) is 36.4 Å². The quantitative estimate of drug-likeness (QED) is 0.768. The van der Waals surface area contributed by atoms with E-state index < -0.39 is 0 Å². The molecule has 0 aromatic heterocycles. The summed E-state index contributed by atoms with van der Waals surface area (Å²) in [6, 6.07) is 0.810. The minimum atomic E-state index is 0.528. The van der Waals surface area contributed by atoms with Gasteiger partial charge in [-0.15, -0.1) is 0 Å². The van der Waals surface area contributed by atoms with Gasteiger partial charge in [-0.25, -0.2) is 0 Å². The molecule has 2 aliphatic rings. The van der Waals surface area contributed by atoms with Gasteiger partial charge < -0.3 is 9.80 Å². The third-order valence-corrected chi connectivity index (χ3v) is 5.88. The Kier molecular flexibility index (Phi) is 5.40. The molecule has 0 atom stereocenters. The summed E-state index contributed by atoms with van der Waals surface area (Å²) in [7, 11) is 2.34. The monoisotopic (exact) mass is 270 g/mol. The molecule has 0 bridgehead atoms. The molecular formula is C15H30N2S. The topological polar surface area (TPSA) is 6.48 Å². The Bertz CT molecular complexity index is 243. The van der Waals surface area contributed by atoms with Crippen LogP contribution in [0.1, 0.15) is 45.4 Å². The van der Waals surface area contributed by atoms with E-state index >= 15 is 0 Å². The predicted octanol–water partition coefficient (Wildman–Crippen LogP) is 2.89.